The summed E-state index contributed by atoms with van der Waals surface area (Å²) in [5.41, 5.74) is 7.50. The number of likely N-dealkylation sites (N-methyl/N-ethyl adjacent to an activating group) is 1. The Hall–Kier alpha value is -1.29. The topological polar surface area (TPSA) is 54.2 Å². The number of nitrogens with one attached hydrogen (secondary N) is 1. The minimum Gasteiger partial charge on any atom is -0.397 e. The average Bonchev–Trinajstić information content (AvgIpc) is 2.19. The number of nitrogens with zero attached hydrogens (tertiary/aromatic N) is 2. The number of rotatable bonds is 5. The maximum absolute atomic E-state index is 5.70. The van der Waals surface area contributed by atoms with E-state index in [4.69, 9.17) is 5.73 Å². The van der Waals surface area contributed by atoms with Gasteiger partial charge in [-0.1, -0.05) is 13.8 Å². The second kappa shape index (κ2) is 5.87. The molecule has 17 heavy (non-hydrogen) atoms. The molecule has 96 valence electrons. The molecule has 0 amide bonds. The SMILES string of the molecule is Cc1cc(N)cnc1NC(CN(C)C)C(C)C. The molecule has 0 saturated heterocycles. The summed E-state index contributed by atoms with van der Waals surface area (Å²) in [6, 6.07) is 2.34. The van der Waals surface area contributed by atoms with Crippen molar-refractivity contribution in [2.24, 2.45) is 5.92 Å². The van der Waals surface area contributed by atoms with Crippen molar-refractivity contribution in [3.8, 4) is 0 Å². The third-order valence-corrected chi connectivity index (χ3v) is 2.79. The first-order valence-electron chi connectivity index (χ1n) is 6.03. The van der Waals surface area contributed by atoms with Crippen LogP contribution < -0.4 is 11.1 Å². The van der Waals surface area contributed by atoms with Crippen molar-refractivity contribution >= 4 is 11.5 Å². The van der Waals surface area contributed by atoms with Gasteiger partial charge >= 0.3 is 0 Å². The maximum atomic E-state index is 5.70. The van der Waals surface area contributed by atoms with Gasteiger partial charge in [-0.3, -0.25) is 0 Å². The van der Waals surface area contributed by atoms with Crippen molar-refractivity contribution in [1.82, 2.24) is 9.88 Å². The fourth-order valence-corrected chi connectivity index (χ4v) is 1.74. The van der Waals surface area contributed by atoms with Gasteiger partial charge in [0.15, 0.2) is 0 Å². The minimum absolute atomic E-state index is 0.389. The highest BCUT2D eigenvalue weighted by atomic mass is 15.1. The predicted octanol–water partition coefficient (Wildman–Crippen LogP) is 1.97. The summed E-state index contributed by atoms with van der Waals surface area (Å²) in [5.74, 6) is 1.48. The van der Waals surface area contributed by atoms with E-state index >= 15 is 0 Å². The summed E-state index contributed by atoms with van der Waals surface area (Å²) in [6.45, 7) is 7.45. The molecule has 1 unspecified atom stereocenters. The first-order valence-corrected chi connectivity index (χ1v) is 6.03. The van der Waals surface area contributed by atoms with E-state index in [-0.39, 0.29) is 0 Å². The number of aromatic nitrogens is 1. The van der Waals surface area contributed by atoms with Gasteiger partial charge in [0, 0.05) is 12.6 Å². The van der Waals surface area contributed by atoms with Gasteiger partial charge in [0.25, 0.3) is 0 Å². The van der Waals surface area contributed by atoms with E-state index in [9.17, 15) is 0 Å². The van der Waals surface area contributed by atoms with Gasteiger partial charge in [0.1, 0.15) is 5.82 Å². The molecule has 4 heteroatoms. The van der Waals surface area contributed by atoms with E-state index in [2.05, 4.69) is 43.1 Å². The first-order chi connectivity index (χ1) is 7.90. The lowest BCUT2D eigenvalue weighted by atomic mass is 10.0. The van der Waals surface area contributed by atoms with Crippen molar-refractivity contribution in [2.75, 3.05) is 31.7 Å². The summed E-state index contributed by atoms with van der Waals surface area (Å²) < 4.78 is 0. The highest BCUT2D eigenvalue weighted by Gasteiger charge is 2.15. The van der Waals surface area contributed by atoms with Crippen LogP contribution in [-0.2, 0) is 0 Å². The van der Waals surface area contributed by atoms with Crippen LogP contribution in [0, 0.1) is 12.8 Å². The zero-order valence-corrected chi connectivity index (χ0v) is 11.5. The van der Waals surface area contributed by atoms with Crippen LogP contribution >= 0.6 is 0 Å². The Labute approximate surface area is 104 Å². The van der Waals surface area contributed by atoms with Crippen molar-refractivity contribution in [3.63, 3.8) is 0 Å². The standard InChI is InChI=1S/C13H24N4/c1-9(2)12(8-17(4)5)16-13-10(3)6-11(14)7-15-13/h6-7,9,12H,8,14H2,1-5H3,(H,15,16). The largest absolute Gasteiger partial charge is 0.397 e. The molecule has 0 aromatic carbocycles. The van der Waals surface area contributed by atoms with E-state index in [1.807, 2.05) is 13.0 Å². The number of aryl methyl sites for hydroxylation is 1. The van der Waals surface area contributed by atoms with Crippen LogP contribution in [0.3, 0.4) is 0 Å². The fourth-order valence-electron chi connectivity index (χ4n) is 1.74. The Balaban J connectivity index is 2.78. The molecule has 1 atom stereocenters. The monoisotopic (exact) mass is 236 g/mol. The molecule has 1 aromatic rings. The van der Waals surface area contributed by atoms with Gasteiger partial charge in [-0.15, -0.1) is 0 Å². The molecule has 0 radical (unpaired) electrons. The quantitative estimate of drug-likeness (QED) is 0.820. The van der Waals surface area contributed by atoms with Crippen molar-refractivity contribution in [2.45, 2.75) is 26.8 Å². The lowest BCUT2D eigenvalue weighted by Crippen LogP contribution is -2.36. The van der Waals surface area contributed by atoms with Crippen LogP contribution in [0.5, 0.6) is 0 Å². The third-order valence-electron chi connectivity index (χ3n) is 2.79. The van der Waals surface area contributed by atoms with Crippen LogP contribution in [0.15, 0.2) is 12.3 Å². The molecule has 0 aliphatic heterocycles. The maximum Gasteiger partial charge on any atom is 0.129 e. The second-order valence-electron chi connectivity index (χ2n) is 5.19. The van der Waals surface area contributed by atoms with Crippen LogP contribution in [0.25, 0.3) is 0 Å². The van der Waals surface area contributed by atoms with E-state index in [1.54, 1.807) is 6.20 Å². The molecule has 1 rings (SSSR count). The van der Waals surface area contributed by atoms with Gasteiger partial charge < -0.3 is 16.0 Å². The van der Waals surface area contributed by atoms with E-state index in [1.165, 1.54) is 0 Å². The summed E-state index contributed by atoms with van der Waals surface area (Å²) >= 11 is 0. The number of nitrogens with two attached hydrogens (primary N) is 1. The Kier molecular flexibility index (Phi) is 4.75. The first kappa shape index (κ1) is 13.8. The van der Waals surface area contributed by atoms with Crippen molar-refractivity contribution in [1.29, 1.82) is 0 Å². The predicted molar refractivity (Wildman–Crippen MR) is 74.2 cm³/mol. The van der Waals surface area contributed by atoms with Crippen molar-refractivity contribution < 1.29 is 0 Å². The summed E-state index contributed by atoms with van der Waals surface area (Å²) in [6.07, 6.45) is 1.70. The molecule has 0 fully saturated rings. The zero-order valence-electron chi connectivity index (χ0n) is 11.5. The lowest BCUT2D eigenvalue weighted by molar-refractivity contribution is 0.344. The molecular weight excluding hydrogens is 212 g/mol. The average molecular weight is 236 g/mol. The van der Waals surface area contributed by atoms with E-state index in [0.29, 0.717) is 17.6 Å². The molecule has 1 aromatic heterocycles. The molecule has 1 heterocycles. The highest BCUT2D eigenvalue weighted by Crippen LogP contribution is 2.17. The van der Waals surface area contributed by atoms with Gasteiger partial charge in [0.2, 0.25) is 0 Å². The summed E-state index contributed by atoms with van der Waals surface area (Å²) in [4.78, 5) is 6.54. The van der Waals surface area contributed by atoms with Gasteiger partial charge in [-0.25, -0.2) is 4.98 Å². The van der Waals surface area contributed by atoms with E-state index < -0.39 is 0 Å². The van der Waals surface area contributed by atoms with E-state index in [0.717, 1.165) is 17.9 Å². The fraction of sp³-hybridized carbons (Fsp3) is 0.615. The van der Waals surface area contributed by atoms with Gasteiger partial charge in [-0.2, -0.15) is 0 Å². The van der Waals surface area contributed by atoms with Crippen LogP contribution in [0.2, 0.25) is 0 Å². The molecule has 4 nitrogen and oxygen atoms in total. The Bertz CT molecular complexity index is 360. The number of hydrogen-bond acceptors (Lipinski definition) is 4. The number of nitrogen functional groups attached to an aromatic ring is 1. The highest BCUT2D eigenvalue weighted by molar-refractivity contribution is 5.51. The Morgan fingerprint density at radius 2 is 2.06 bits per heavy atom. The van der Waals surface area contributed by atoms with Gasteiger partial charge in [-0.05, 0) is 38.6 Å². The second-order valence-corrected chi connectivity index (χ2v) is 5.19. The Morgan fingerprint density at radius 3 is 2.53 bits per heavy atom. The lowest BCUT2D eigenvalue weighted by Gasteiger charge is -2.26. The summed E-state index contributed by atoms with van der Waals surface area (Å²) in [5, 5.41) is 3.50. The van der Waals surface area contributed by atoms with Crippen LogP contribution in [0.1, 0.15) is 19.4 Å². The Morgan fingerprint density at radius 1 is 1.41 bits per heavy atom. The molecule has 0 aliphatic carbocycles. The normalized spacial score (nSPS) is 13.1. The molecular formula is C13H24N4. The smallest absolute Gasteiger partial charge is 0.129 e. The summed E-state index contributed by atoms with van der Waals surface area (Å²) in [7, 11) is 4.17. The minimum atomic E-state index is 0.389. The molecule has 0 aliphatic rings. The number of pyridine rings is 1. The number of hydrogen-bond donors (Lipinski definition) is 2. The van der Waals surface area contributed by atoms with Crippen molar-refractivity contribution in [3.05, 3.63) is 17.8 Å². The van der Waals surface area contributed by atoms with Crippen LogP contribution in [0.4, 0.5) is 11.5 Å². The van der Waals surface area contributed by atoms with Gasteiger partial charge in [0.05, 0.1) is 11.9 Å². The molecule has 0 saturated carbocycles. The number of anilines is 2. The zero-order chi connectivity index (χ0) is 13.0. The van der Waals surface area contributed by atoms with Crippen LogP contribution in [-0.4, -0.2) is 36.6 Å². The third kappa shape index (κ3) is 4.23. The molecule has 0 spiro atoms. The molecule has 0 bridgehead atoms. The molecule has 3 N–H and O–H groups in total.